The lowest BCUT2D eigenvalue weighted by Crippen LogP contribution is -2.31. The monoisotopic (exact) mass is 305 g/mol. The number of hydrogen-bond acceptors (Lipinski definition) is 6. The van der Waals surface area contributed by atoms with Gasteiger partial charge >= 0.3 is 0 Å². The Bertz CT molecular complexity index is 745. The Morgan fingerprint density at radius 1 is 1.52 bits per heavy atom. The molecule has 0 saturated heterocycles. The number of aromatic nitrogens is 5. The van der Waals surface area contributed by atoms with E-state index >= 15 is 0 Å². The molecule has 8 nitrogen and oxygen atoms in total. The predicted molar refractivity (Wildman–Crippen MR) is 78.7 cm³/mol. The number of anilines is 1. The average Bonchev–Trinajstić information content (AvgIpc) is 3.02. The standard InChI is InChI=1S/C12H15N7OS/c1-6-8(10(13)20)9(7-4-14-18(2)5-7)19-11(15-6)16-12(17-19)21-3/h4-5,9H,1-3H3,(H2,13,20)(H,15,16,17). The molecule has 0 bridgehead atoms. The van der Waals surface area contributed by atoms with E-state index in [-0.39, 0.29) is 0 Å². The van der Waals surface area contributed by atoms with E-state index in [1.54, 1.807) is 22.5 Å². The van der Waals surface area contributed by atoms with Crippen LogP contribution in [0.1, 0.15) is 18.5 Å². The molecule has 0 aromatic carbocycles. The van der Waals surface area contributed by atoms with Gasteiger partial charge in [-0.1, -0.05) is 11.8 Å². The number of thioether (sulfide) groups is 1. The van der Waals surface area contributed by atoms with Crippen LogP contribution >= 0.6 is 11.8 Å². The summed E-state index contributed by atoms with van der Waals surface area (Å²) in [4.78, 5) is 16.3. The third-order valence-corrected chi connectivity index (χ3v) is 3.86. The van der Waals surface area contributed by atoms with Crippen LogP contribution in [0.2, 0.25) is 0 Å². The first-order chi connectivity index (χ1) is 10.0. The number of hydrogen-bond donors (Lipinski definition) is 2. The number of primary amides is 1. The highest BCUT2D eigenvalue weighted by molar-refractivity contribution is 7.98. The van der Waals surface area contributed by atoms with Crippen molar-refractivity contribution in [1.82, 2.24) is 24.5 Å². The van der Waals surface area contributed by atoms with E-state index < -0.39 is 11.9 Å². The molecular weight excluding hydrogens is 290 g/mol. The molecule has 110 valence electrons. The van der Waals surface area contributed by atoms with Crippen molar-refractivity contribution in [2.24, 2.45) is 12.8 Å². The van der Waals surface area contributed by atoms with Crippen molar-refractivity contribution in [2.45, 2.75) is 18.1 Å². The van der Waals surface area contributed by atoms with Crippen LogP contribution in [-0.4, -0.2) is 36.7 Å². The van der Waals surface area contributed by atoms with Gasteiger partial charge in [-0.2, -0.15) is 10.1 Å². The number of allylic oxidation sites excluding steroid dienone is 1. The topological polar surface area (TPSA) is 104 Å². The number of nitrogens with two attached hydrogens (primary N) is 1. The molecule has 1 amide bonds. The van der Waals surface area contributed by atoms with Gasteiger partial charge in [0, 0.05) is 24.5 Å². The lowest BCUT2D eigenvalue weighted by atomic mass is 9.98. The first-order valence-electron chi connectivity index (χ1n) is 6.28. The molecule has 3 heterocycles. The van der Waals surface area contributed by atoms with Gasteiger partial charge in [0.2, 0.25) is 17.0 Å². The Morgan fingerprint density at radius 3 is 2.86 bits per heavy atom. The molecule has 1 atom stereocenters. The minimum atomic E-state index is -0.485. The summed E-state index contributed by atoms with van der Waals surface area (Å²) < 4.78 is 3.35. The Hall–Kier alpha value is -2.29. The van der Waals surface area contributed by atoms with Crippen LogP contribution in [-0.2, 0) is 11.8 Å². The SMILES string of the molecule is CSc1nc2n(n1)C(c1cnn(C)c1)C(C(N)=O)=C(C)N2. The fraction of sp³-hybridized carbons (Fsp3) is 0.333. The summed E-state index contributed by atoms with van der Waals surface area (Å²) in [7, 11) is 1.82. The molecule has 3 rings (SSSR count). The van der Waals surface area contributed by atoms with E-state index in [2.05, 4.69) is 20.5 Å². The van der Waals surface area contributed by atoms with Gasteiger partial charge in [0.1, 0.15) is 6.04 Å². The summed E-state index contributed by atoms with van der Waals surface area (Å²) in [6, 6.07) is -0.416. The zero-order chi connectivity index (χ0) is 15.1. The highest BCUT2D eigenvalue weighted by Crippen LogP contribution is 2.35. The number of carbonyl (C=O) groups is 1. The third kappa shape index (κ3) is 2.19. The maximum Gasteiger partial charge on any atom is 0.248 e. The maximum atomic E-state index is 11.9. The van der Waals surface area contributed by atoms with Crippen LogP contribution in [0, 0.1) is 0 Å². The zero-order valence-corrected chi connectivity index (χ0v) is 12.7. The van der Waals surface area contributed by atoms with Crippen molar-refractivity contribution in [3.8, 4) is 0 Å². The normalized spacial score (nSPS) is 17.6. The lowest BCUT2D eigenvalue weighted by Gasteiger charge is -2.26. The fourth-order valence-corrected chi connectivity index (χ4v) is 2.77. The van der Waals surface area contributed by atoms with Gasteiger partial charge in [-0.15, -0.1) is 5.10 Å². The van der Waals surface area contributed by atoms with Crippen LogP contribution < -0.4 is 11.1 Å². The second-order valence-electron chi connectivity index (χ2n) is 4.74. The number of nitrogens with one attached hydrogen (secondary N) is 1. The minimum Gasteiger partial charge on any atom is -0.366 e. The van der Waals surface area contributed by atoms with Crippen LogP contribution in [0.25, 0.3) is 0 Å². The van der Waals surface area contributed by atoms with Crippen molar-refractivity contribution >= 4 is 23.6 Å². The smallest absolute Gasteiger partial charge is 0.248 e. The van der Waals surface area contributed by atoms with Gasteiger partial charge in [-0.3, -0.25) is 9.48 Å². The van der Waals surface area contributed by atoms with E-state index in [0.29, 0.717) is 22.4 Å². The first kappa shape index (κ1) is 13.7. The highest BCUT2D eigenvalue weighted by Gasteiger charge is 2.33. The Balaban J connectivity index is 2.20. The number of amides is 1. The largest absolute Gasteiger partial charge is 0.366 e. The first-order valence-corrected chi connectivity index (χ1v) is 7.50. The number of nitrogens with zero attached hydrogens (tertiary/aromatic N) is 5. The summed E-state index contributed by atoms with van der Waals surface area (Å²) in [5.74, 6) is 0.108. The average molecular weight is 305 g/mol. The van der Waals surface area contributed by atoms with E-state index in [9.17, 15) is 4.79 Å². The van der Waals surface area contributed by atoms with Crippen LogP contribution in [0.3, 0.4) is 0 Å². The molecule has 0 aliphatic carbocycles. The van der Waals surface area contributed by atoms with E-state index in [0.717, 1.165) is 5.56 Å². The fourth-order valence-electron chi connectivity index (χ4n) is 2.43. The van der Waals surface area contributed by atoms with E-state index in [1.807, 2.05) is 19.5 Å². The highest BCUT2D eigenvalue weighted by atomic mass is 32.2. The lowest BCUT2D eigenvalue weighted by molar-refractivity contribution is -0.115. The molecule has 0 fully saturated rings. The summed E-state index contributed by atoms with van der Waals surface area (Å²) >= 11 is 1.44. The zero-order valence-electron chi connectivity index (χ0n) is 11.9. The summed E-state index contributed by atoms with van der Waals surface area (Å²) in [6.07, 6.45) is 5.45. The van der Waals surface area contributed by atoms with Crippen molar-refractivity contribution in [3.63, 3.8) is 0 Å². The molecule has 3 N–H and O–H groups in total. The van der Waals surface area contributed by atoms with Gasteiger partial charge in [0.05, 0.1) is 11.8 Å². The van der Waals surface area contributed by atoms with Crippen molar-refractivity contribution < 1.29 is 4.79 Å². The molecule has 2 aromatic rings. The molecule has 1 unspecified atom stereocenters. The Morgan fingerprint density at radius 2 is 2.29 bits per heavy atom. The second-order valence-corrected chi connectivity index (χ2v) is 5.52. The molecule has 2 aromatic heterocycles. The van der Waals surface area contributed by atoms with Gasteiger partial charge < -0.3 is 11.1 Å². The van der Waals surface area contributed by atoms with Gasteiger partial charge in [0.15, 0.2) is 0 Å². The van der Waals surface area contributed by atoms with E-state index in [4.69, 9.17) is 5.73 Å². The molecule has 0 radical (unpaired) electrons. The van der Waals surface area contributed by atoms with Gasteiger partial charge in [-0.05, 0) is 13.2 Å². The van der Waals surface area contributed by atoms with Crippen molar-refractivity contribution in [3.05, 3.63) is 29.2 Å². The molecule has 21 heavy (non-hydrogen) atoms. The maximum absolute atomic E-state index is 11.9. The molecule has 0 saturated carbocycles. The van der Waals surface area contributed by atoms with Gasteiger partial charge in [-0.25, -0.2) is 4.68 Å². The number of aryl methyl sites for hydroxylation is 1. The number of fused-ring (bicyclic) bond motifs is 1. The van der Waals surface area contributed by atoms with Crippen LogP contribution in [0.5, 0.6) is 0 Å². The van der Waals surface area contributed by atoms with Crippen LogP contribution in [0.15, 0.2) is 28.8 Å². The van der Waals surface area contributed by atoms with Crippen LogP contribution in [0.4, 0.5) is 5.95 Å². The summed E-state index contributed by atoms with van der Waals surface area (Å²) in [5.41, 5.74) is 7.55. The van der Waals surface area contributed by atoms with Crippen molar-refractivity contribution in [2.75, 3.05) is 11.6 Å². The molecule has 0 spiro atoms. The number of rotatable bonds is 3. The van der Waals surface area contributed by atoms with E-state index in [1.165, 1.54) is 11.8 Å². The van der Waals surface area contributed by atoms with Gasteiger partial charge in [0.25, 0.3) is 0 Å². The molecule has 9 heteroatoms. The molecule has 1 aliphatic heterocycles. The minimum absolute atomic E-state index is 0.416. The summed E-state index contributed by atoms with van der Waals surface area (Å²) in [6.45, 7) is 1.81. The summed E-state index contributed by atoms with van der Waals surface area (Å²) in [5, 5.41) is 12.3. The quantitative estimate of drug-likeness (QED) is 0.801. The third-order valence-electron chi connectivity index (χ3n) is 3.32. The molecular formula is C12H15N7OS. The molecule has 1 aliphatic rings. The number of carbonyl (C=O) groups excluding carboxylic acids is 1. The van der Waals surface area contributed by atoms with Crippen molar-refractivity contribution in [1.29, 1.82) is 0 Å². The Labute approximate surface area is 125 Å². The Kier molecular flexibility index (Phi) is 3.20. The second kappa shape index (κ2) is 4.92. The predicted octanol–water partition coefficient (Wildman–Crippen LogP) is 0.508.